The van der Waals surface area contributed by atoms with Crippen molar-refractivity contribution in [3.63, 3.8) is 0 Å². The number of hydrogen-bond acceptors (Lipinski definition) is 7. The molecule has 2 aliphatic heterocycles. The summed E-state index contributed by atoms with van der Waals surface area (Å²) >= 11 is 1.71. The minimum absolute atomic E-state index is 0.200. The molecule has 0 atom stereocenters. The molecule has 0 radical (unpaired) electrons. The second-order valence-electron chi connectivity index (χ2n) is 8.13. The van der Waals surface area contributed by atoms with E-state index in [1.54, 1.807) is 17.7 Å². The third kappa shape index (κ3) is 3.25. The molecule has 5 heterocycles. The molecule has 0 saturated carbocycles. The molecule has 29 heavy (non-hydrogen) atoms. The standard InChI is InChI=1S/C21H25N5O2S/c1-4-5-22-18-17-16(23-12-24-18)15-13-10-21(2,3)28-11-14(13)19(25-20(15)29-17)26-6-8-27-9-7-26/h4,12H,1,5-11H2,2-3H3,(H,22,23,24)/p+1. The summed E-state index contributed by atoms with van der Waals surface area (Å²) in [6.07, 6.45) is 4.34. The monoisotopic (exact) mass is 412 g/mol. The normalized spacial score (nSPS) is 18.8. The summed E-state index contributed by atoms with van der Waals surface area (Å²) < 4.78 is 12.9. The van der Waals surface area contributed by atoms with Crippen LogP contribution in [-0.4, -0.2) is 48.4 Å². The zero-order valence-electron chi connectivity index (χ0n) is 16.9. The van der Waals surface area contributed by atoms with Crippen LogP contribution in [0.3, 0.4) is 0 Å². The highest BCUT2D eigenvalue weighted by molar-refractivity contribution is 7.25. The van der Waals surface area contributed by atoms with E-state index in [9.17, 15) is 0 Å². The highest BCUT2D eigenvalue weighted by Gasteiger charge is 2.36. The van der Waals surface area contributed by atoms with Crippen LogP contribution in [0.5, 0.6) is 0 Å². The number of morpholine rings is 1. The van der Waals surface area contributed by atoms with Crippen LogP contribution in [0.4, 0.5) is 11.6 Å². The molecule has 0 bridgehead atoms. The molecule has 8 heteroatoms. The van der Waals surface area contributed by atoms with E-state index in [0.29, 0.717) is 13.2 Å². The largest absolute Gasteiger partial charge is 0.373 e. The molecule has 1 fully saturated rings. The van der Waals surface area contributed by atoms with Crippen LogP contribution in [-0.2, 0) is 22.5 Å². The van der Waals surface area contributed by atoms with Gasteiger partial charge in [-0.05, 0) is 19.4 Å². The molecule has 3 aromatic rings. The van der Waals surface area contributed by atoms with Gasteiger partial charge >= 0.3 is 0 Å². The number of thiophene rings is 1. The van der Waals surface area contributed by atoms with Crippen LogP contribution in [0.15, 0.2) is 19.0 Å². The Hall–Kier alpha value is -2.29. The molecule has 0 amide bonds. The predicted molar refractivity (Wildman–Crippen MR) is 116 cm³/mol. The van der Waals surface area contributed by atoms with Crippen LogP contribution < -0.4 is 15.2 Å². The molecule has 3 aromatic heterocycles. The number of H-pyrrole nitrogens is 1. The Morgan fingerprint density at radius 2 is 2.14 bits per heavy atom. The van der Waals surface area contributed by atoms with Crippen molar-refractivity contribution in [1.29, 1.82) is 0 Å². The molecule has 2 aliphatic rings. The van der Waals surface area contributed by atoms with Crippen molar-refractivity contribution in [3.8, 4) is 0 Å². The van der Waals surface area contributed by atoms with E-state index in [2.05, 4.69) is 45.6 Å². The Bertz CT molecular complexity index is 1090. The smallest absolute Gasteiger partial charge is 0.281 e. The lowest BCUT2D eigenvalue weighted by Crippen LogP contribution is -2.42. The van der Waals surface area contributed by atoms with Crippen LogP contribution in [0, 0.1) is 0 Å². The van der Waals surface area contributed by atoms with Crippen LogP contribution in [0.1, 0.15) is 25.0 Å². The minimum Gasteiger partial charge on any atom is -0.373 e. The summed E-state index contributed by atoms with van der Waals surface area (Å²) in [5.74, 6) is 2.02. The second-order valence-corrected chi connectivity index (χ2v) is 9.15. The number of aromatic nitrogens is 3. The number of ether oxygens (including phenoxy) is 2. The van der Waals surface area contributed by atoms with Crippen molar-refractivity contribution in [1.82, 2.24) is 9.97 Å². The van der Waals surface area contributed by atoms with Crippen LogP contribution >= 0.6 is 11.3 Å². The lowest BCUT2D eigenvalue weighted by molar-refractivity contribution is -0.329. The topological polar surface area (TPSA) is 73.7 Å². The Morgan fingerprint density at radius 1 is 1.31 bits per heavy atom. The quantitative estimate of drug-likeness (QED) is 0.664. The summed E-state index contributed by atoms with van der Waals surface area (Å²) in [7, 11) is 0. The van der Waals surface area contributed by atoms with Gasteiger partial charge < -0.3 is 14.8 Å². The highest BCUT2D eigenvalue weighted by Crippen LogP contribution is 2.42. The van der Waals surface area contributed by atoms with E-state index in [1.165, 1.54) is 16.5 Å². The van der Waals surface area contributed by atoms with E-state index in [1.807, 2.05) is 6.08 Å². The number of hydrogen-bond donors (Lipinski definition) is 1. The van der Waals surface area contributed by atoms with E-state index >= 15 is 0 Å². The molecule has 7 nitrogen and oxygen atoms in total. The van der Waals surface area contributed by atoms with Crippen LogP contribution in [0.25, 0.3) is 20.4 Å². The first-order valence-corrected chi connectivity index (χ1v) is 10.8. The third-order valence-electron chi connectivity index (χ3n) is 5.61. The zero-order valence-corrected chi connectivity index (χ0v) is 17.7. The fourth-order valence-electron chi connectivity index (χ4n) is 4.20. The molecule has 1 saturated heterocycles. The van der Waals surface area contributed by atoms with Crippen molar-refractivity contribution < 1.29 is 14.5 Å². The van der Waals surface area contributed by atoms with Gasteiger partial charge in [0.15, 0.2) is 4.83 Å². The second kappa shape index (κ2) is 7.19. The summed E-state index contributed by atoms with van der Waals surface area (Å²) in [4.78, 5) is 16.4. The summed E-state index contributed by atoms with van der Waals surface area (Å²) in [5, 5.41) is 4.55. The fourth-order valence-corrected chi connectivity index (χ4v) is 5.35. The minimum atomic E-state index is -0.200. The van der Waals surface area contributed by atoms with Crippen molar-refractivity contribution in [2.75, 3.05) is 43.1 Å². The lowest BCUT2D eigenvalue weighted by atomic mass is 9.90. The molecular weight excluding hydrogens is 386 g/mol. The predicted octanol–water partition coefficient (Wildman–Crippen LogP) is 2.94. The summed E-state index contributed by atoms with van der Waals surface area (Å²) in [6.45, 7) is 12.7. The van der Waals surface area contributed by atoms with Gasteiger partial charge in [-0.25, -0.2) is 15.0 Å². The Balaban J connectivity index is 1.76. The van der Waals surface area contributed by atoms with Gasteiger partial charge in [-0.1, -0.05) is 17.4 Å². The number of anilines is 2. The van der Waals surface area contributed by atoms with Gasteiger partial charge in [0.2, 0.25) is 0 Å². The molecule has 152 valence electrons. The lowest BCUT2D eigenvalue weighted by Gasteiger charge is -2.33. The van der Waals surface area contributed by atoms with Gasteiger partial charge in [-0.3, -0.25) is 4.90 Å². The van der Waals surface area contributed by atoms with Gasteiger partial charge in [0.05, 0.1) is 41.9 Å². The molecule has 0 aromatic carbocycles. The average molecular weight is 413 g/mol. The van der Waals surface area contributed by atoms with Gasteiger partial charge in [0.1, 0.15) is 29.9 Å². The maximum atomic E-state index is 6.21. The molecular formula is C21H26N5O2S+. The first-order chi connectivity index (χ1) is 14.1. The molecule has 5 rings (SSSR count). The highest BCUT2D eigenvalue weighted by atomic mass is 32.1. The van der Waals surface area contributed by atoms with Crippen LogP contribution in [0.2, 0.25) is 0 Å². The fraction of sp³-hybridized carbons (Fsp3) is 0.476. The average Bonchev–Trinajstić information content (AvgIpc) is 3.11. The summed E-state index contributed by atoms with van der Waals surface area (Å²) in [5.41, 5.74) is 3.40. The van der Waals surface area contributed by atoms with Crippen molar-refractivity contribution in [2.45, 2.75) is 32.5 Å². The number of nitrogens with one attached hydrogen (secondary N) is 2. The van der Waals surface area contributed by atoms with E-state index < -0.39 is 0 Å². The summed E-state index contributed by atoms with van der Waals surface area (Å²) in [6, 6.07) is 0. The number of fused-ring (bicyclic) bond motifs is 5. The van der Waals surface area contributed by atoms with Gasteiger partial charge in [0, 0.05) is 13.0 Å². The zero-order chi connectivity index (χ0) is 20.0. The van der Waals surface area contributed by atoms with Crippen molar-refractivity contribution in [3.05, 3.63) is 30.1 Å². The van der Waals surface area contributed by atoms with Gasteiger partial charge in [-0.2, -0.15) is 0 Å². The number of nitrogens with zero attached hydrogens (tertiary/aromatic N) is 3. The molecule has 0 spiro atoms. The van der Waals surface area contributed by atoms with Gasteiger partial charge in [-0.15, -0.1) is 6.58 Å². The van der Waals surface area contributed by atoms with Crippen molar-refractivity contribution >= 4 is 43.4 Å². The molecule has 0 aliphatic carbocycles. The van der Waals surface area contributed by atoms with E-state index in [-0.39, 0.29) is 5.60 Å². The Morgan fingerprint density at radius 3 is 2.93 bits per heavy atom. The first-order valence-electron chi connectivity index (χ1n) is 10.0. The number of pyridine rings is 1. The maximum absolute atomic E-state index is 6.21. The van der Waals surface area contributed by atoms with Crippen molar-refractivity contribution in [2.24, 2.45) is 0 Å². The van der Waals surface area contributed by atoms with E-state index in [0.717, 1.165) is 59.4 Å². The number of aromatic amines is 1. The molecule has 0 unspecified atom stereocenters. The third-order valence-corrected chi connectivity index (χ3v) is 6.71. The Labute approximate surface area is 173 Å². The molecule has 2 N–H and O–H groups in total. The SMILES string of the molecule is C=CCNc1ncnc2c1sc1[nH+]c(N3CCOCC3)c3c(c12)CC(C)(C)OC3. The Kier molecular flexibility index (Phi) is 4.64. The van der Waals surface area contributed by atoms with E-state index in [4.69, 9.17) is 9.47 Å². The van der Waals surface area contributed by atoms with Gasteiger partial charge in [0.25, 0.3) is 5.82 Å². The maximum Gasteiger partial charge on any atom is 0.281 e. The first kappa shape index (κ1) is 18.7. The number of rotatable bonds is 4.